The average Bonchev–Trinajstić information content (AvgIpc) is 2.73. The number of hydrogen-bond acceptors (Lipinski definition) is 3. The Bertz CT molecular complexity index is 551. The third-order valence-electron chi connectivity index (χ3n) is 5.57. The van der Waals surface area contributed by atoms with Crippen molar-refractivity contribution < 1.29 is 4.74 Å². The van der Waals surface area contributed by atoms with E-state index in [0.717, 1.165) is 71.1 Å². The van der Waals surface area contributed by atoms with Gasteiger partial charge in [0.25, 0.3) is 0 Å². The van der Waals surface area contributed by atoms with E-state index >= 15 is 0 Å². The van der Waals surface area contributed by atoms with Crippen LogP contribution in [0.3, 0.4) is 0 Å². The highest BCUT2D eigenvalue weighted by Crippen LogP contribution is 2.15. The molecular weight excluding hydrogens is 348 g/mol. The van der Waals surface area contributed by atoms with E-state index in [0.29, 0.717) is 12.1 Å². The highest BCUT2D eigenvalue weighted by atomic mass is 16.5. The van der Waals surface area contributed by atoms with E-state index in [2.05, 4.69) is 73.1 Å². The van der Waals surface area contributed by atoms with Gasteiger partial charge in [-0.05, 0) is 51.8 Å². The number of benzene rings is 1. The molecule has 1 aliphatic rings. The van der Waals surface area contributed by atoms with Gasteiger partial charge in [0.2, 0.25) is 0 Å². The summed E-state index contributed by atoms with van der Waals surface area (Å²) >= 11 is 0. The second kappa shape index (κ2) is 12.8. The van der Waals surface area contributed by atoms with Crippen LogP contribution in [0, 0.1) is 0 Å². The van der Waals surface area contributed by atoms with Crippen LogP contribution in [0.1, 0.15) is 46.1 Å². The van der Waals surface area contributed by atoms with E-state index in [-0.39, 0.29) is 0 Å². The predicted octanol–water partition coefficient (Wildman–Crippen LogP) is 3.41. The van der Waals surface area contributed by atoms with Crippen molar-refractivity contribution in [2.45, 2.75) is 59.1 Å². The van der Waals surface area contributed by atoms with Gasteiger partial charge in [-0.25, -0.2) is 0 Å². The Kier molecular flexibility index (Phi) is 10.4. The predicted molar refractivity (Wildman–Crippen MR) is 119 cm³/mol. The van der Waals surface area contributed by atoms with E-state index in [9.17, 15) is 0 Å². The molecule has 5 heteroatoms. The molecule has 0 amide bonds. The number of nitrogens with zero attached hydrogens (tertiary/aromatic N) is 3. The number of guanidine groups is 1. The van der Waals surface area contributed by atoms with Crippen LogP contribution >= 0.6 is 0 Å². The lowest BCUT2D eigenvalue weighted by Gasteiger charge is -2.35. The van der Waals surface area contributed by atoms with Gasteiger partial charge in [0, 0.05) is 32.3 Å². The minimum atomic E-state index is 0.408. The molecule has 1 aliphatic heterocycles. The zero-order valence-corrected chi connectivity index (χ0v) is 18.4. The molecule has 1 atom stereocenters. The molecule has 1 N–H and O–H groups in total. The van der Waals surface area contributed by atoms with Crippen LogP contribution in [-0.2, 0) is 11.2 Å². The van der Waals surface area contributed by atoms with Crippen molar-refractivity contribution in [1.29, 1.82) is 0 Å². The van der Waals surface area contributed by atoms with Crippen LogP contribution in [0.5, 0.6) is 0 Å². The smallest absolute Gasteiger partial charge is 0.193 e. The Hall–Kier alpha value is -1.59. The third-order valence-corrected chi connectivity index (χ3v) is 5.57. The van der Waals surface area contributed by atoms with Crippen LogP contribution in [0.2, 0.25) is 0 Å². The molecule has 0 spiro atoms. The van der Waals surface area contributed by atoms with Gasteiger partial charge in [-0.1, -0.05) is 44.2 Å². The molecule has 0 saturated carbocycles. The second-order valence-electron chi connectivity index (χ2n) is 7.40. The standard InChI is InChI=1S/C23H40N4O/c1-5-24-23(27-16-14-22(15-17-27)28-8-4)25-19-21(26(6-2)7-3)18-20-12-10-9-11-13-20/h9-13,21-22H,5-8,14-19H2,1-4H3,(H,24,25). The quantitative estimate of drug-likeness (QED) is 0.493. The lowest BCUT2D eigenvalue weighted by Crippen LogP contribution is -2.48. The molecule has 1 aromatic carbocycles. The van der Waals surface area contributed by atoms with Crippen molar-refractivity contribution in [2.24, 2.45) is 4.99 Å². The summed E-state index contributed by atoms with van der Waals surface area (Å²) in [5.74, 6) is 1.06. The van der Waals surface area contributed by atoms with Crippen molar-refractivity contribution in [2.75, 3.05) is 45.9 Å². The van der Waals surface area contributed by atoms with Crippen molar-refractivity contribution in [3.05, 3.63) is 35.9 Å². The summed E-state index contributed by atoms with van der Waals surface area (Å²) in [6.45, 7) is 15.4. The molecule has 28 heavy (non-hydrogen) atoms. The summed E-state index contributed by atoms with van der Waals surface area (Å²) in [6.07, 6.45) is 3.62. The fourth-order valence-corrected chi connectivity index (χ4v) is 4.02. The van der Waals surface area contributed by atoms with E-state index in [1.54, 1.807) is 0 Å². The first kappa shape index (κ1) is 22.7. The Morgan fingerprint density at radius 2 is 1.82 bits per heavy atom. The maximum Gasteiger partial charge on any atom is 0.193 e. The van der Waals surface area contributed by atoms with E-state index in [1.807, 2.05) is 0 Å². The fraction of sp³-hybridized carbons (Fsp3) is 0.696. The first-order chi connectivity index (χ1) is 13.7. The molecule has 0 bridgehead atoms. The number of aliphatic imine (C=N–C) groups is 1. The Balaban J connectivity index is 2.05. The first-order valence-corrected chi connectivity index (χ1v) is 11.1. The Labute approximate surface area is 172 Å². The highest BCUT2D eigenvalue weighted by Gasteiger charge is 2.22. The van der Waals surface area contributed by atoms with Gasteiger partial charge in [0.1, 0.15) is 0 Å². The van der Waals surface area contributed by atoms with Crippen LogP contribution in [0.15, 0.2) is 35.3 Å². The van der Waals surface area contributed by atoms with Gasteiger partial charge in [0.05, 0.1) is 12.6 Å². The van der Waals surface area contributed by atoms with Crippen LogP contribution in [0.25, 0.3) is 0 Å². The van der Waals surface area contributed by atoms with Crippen LogP contribution in [-0.4, -0.2) is 73.8 Å². The Morgan fingerprint density at radius 1 is 1.14 bits per heavy atom. The van der Waals surface area contributed by atoms with Crippen molar-refractivity contribution in [3.63, 3.8) is 0 Å². The molecule has 1 heterocycles. The molecule has 2 rings (SSSR count). The van der Waals surface area contributed by atoms with Gasteiger partial charge in [0.15, 0.2) is 5.96 Å². The zero-order chi connectivity index (χ0) is 20.2. The molecular formula is C23H40N4O. The van der Waals surface area contributed by atoms with Gasteiger partial charge >= 0.3 is 0 Å². The largest absolute Gasteiger partial charge is 0.378 e. The lowest BCUT2D eigenvalue weighted by atomic mass is 10.0. The number of likely N-dealkylation sites (N-methyl/N-ethyl adjacent to an activating group) is 1. The lowest BCUT2D eigenvalue weighted by molar-refractivity contribution is 0.0263. The first-order valence-electron chi connectivity index (χ1n) is 11.1. The second-order valence-corrected chi connectivity index (χ2v) is 7.40. The monoisotopic (exact) mass is 388 g/mol. The van der Waals surface area contributed by atoms with Crippen LogP contribution < -0.4 is 5.32 Å². The van der Waals surface area contributed by atoms with Gasteiger partial charge in [-0.15, -0.1) is 0 Å². The molecule has 1 unspecified atom stereocenters. The SMILES string of the molecule is CCNC(=NCC(Cc1ccccc1)N(CC)CC)N1CCC(OCC)CC1. The number of rotatable bonds is 10. The van der Waals surface area contributed by atoms with Crippen molar-refractivity contribution in [3.8, 4) is 0 Å². The topological polar surface area (TPSA) is 40.1 Å². The number of ether oxygens (including phenoxy) is 1. The third kappa shape index (κ3) is 7.10. The van der Waals surface area contributed by atoms with E-state index in [1.165, 1.54) is 5.56 Å². The maximum absolute atomic E-state index is 5.80. The minimum absolute atomic E-state index is 0.408. The summed E-state index contributed by atoms with van der Waals surface area (Å²) in [6, 6.07) is 11.2. The Morgan fingerprint density at radius 3 is 2.39 bits per heavy atom. The maximum atomic E-state index is 5.80. The highest BCUT2D eigenvalue weighted by molar-refractivity contribution is 5.80. The normalized spacial score (nSPS) is 17.2. The molecule has 5 nitrogen and oxygen atoms in total. The van der Waals surface area contributed by atoms with E-state index < -0.39 is 0 Å². The van der Waals surface area contributed by atoms with E-state index in [4.69, 9.17) is 9.73 Å². The summed E-state index contributed by atoms with van der Waals surface area (Å²) in [4.78, 5) is 10.0. The summed E-state index contributed by atoms with van der Waals surface area (Å²) in [7, 11) is 0. The fourth-order valence-electron chi connectivity index (χ4n) is 4.02. The molecule has 0 aliphatic carbocycles. The number of likely N-dealkylation sites (tertiary alicyclic amines) is 1. The molecule has 0 aromatic heterocycles. The van der Waals surface area contributed by atoms with Gasteiger partial charge in [-0.3, -0.25) is 9.89 Å². The van der Waals surface area contributed by atoms with Gasteiger partial charge < -0.3 is 15.0 Å². The van der Waals surface area contributed by atoms with Crippen molar-refractivity contribution in [1.82, 2.24) is 15.1 Å². The summed E-state index contributed by atoms with van der Waals surface area (Å²) in [5.41, 5.74) is 1.39. The van der Waals surface area contributed by atoms with Gasteiger partial charge in [-0.2, -0.15) is 0 Å². The molecule has 0 radical (unpaired) electrons. The summed E-state index contributed by atoms with van der Waals surface area (Å²) < 4.78 is 5.80. The molecule has 1 fully saturated rings. The number of hydrogen-bond donors (Lipinski definition) is 1. The average molecular weight is 389 g/mol. The van der Waals surface area contributed by atoms with Crippen LogP contribution in [0.4, 0.5) is 0 Å². The zero-order valence-electron chi connectivity index (χ0n) is 18.4. The molecule has 158 valence electrons. The number of nitrogens with one attached hydrogen (secondary N) is 1. The van der Waals surface area contributed by atoms with Crippen molar-refractivity contribution >= 4 is 5.96 Å². The molecule has 1 aromatic rings. The summed E-state index contributed by atoms with van der Waals surface area (Å²) in [5, 5.41) is 3.51. The molecule has 1 saturated heterocycles. The minimum Gasteiger partial charge on any atom is -0.378 e. The number of piperidine rings is 1.